The summed E-state index contributed by atoms with van der Waals surface area (Å²) < 4.78 is 0. The number of hydrogen-bond acceptors (Lipinski definition) is 0. The largest absolute Gasteiger partial charge is 0.0713 e. The van der Waals surface area contributed by atoms with Crippen LogP contribution in [0.15, 0.2) is 249 Å². The van der Waals surface area contributed by atoms with Gasteiger partial charge in [0, 0.05) is 5.92 Å². The van der Waals surface area contributed by atoms with Crippen LogP contribution in [-0.2, 0) is 18.3 Å². The smallest absolute Gasteiger partial charge is 0.0622 e. The van der Waals surface area contributed by atoms with E-state index in [2.05, 4.69) is 249 Å². The van der Waals surface area contributed by atoms with E-state index in [1.54, 1.807) is 0 Å². The Morgan fingerprint density at radius 3 is 1.66 bits per heavy atom. The van der Waals surface area contributed by atoms with Crippen LogP contribution < -0.4 is 0 Å². The second-order valence-electron chi connectivity index (χ2n) is 19.0. The van der Waals surface area contributed by atoms with E-state index in [-0.39, 0.29) is 5.92 Å². The van der Waals surface area contributed by atoms with Crippen molar-refractivity contribution < 1.29 is 0 Å². The van der Waals surface area contributed by atoms with Gasteiger partial charge in [-0.15, -0.1) is 0 Å². The lowest BCUT2D eigenvalue weighted by molar-refractivity contribution is 0.765. The second kappa shape index (κ2) is 15.4. The molecular weight excluding hydrogens is 817 g/mol. The zero-order valence-electron chi connectivity index (χ0n) is 37.7. The third-order valence-corrected chi connectivity index (χ3v) is 15.6. The third-order valence-electron chi connectivity index (χ3n) is 15.6. The lowest BCUT2D eigenvalue weighted by atomic mass is 9.67. The Hall–Kier alpha value is -8.32. The molecule has 1 unspecified atom stereocenters. The summed E-state index contributed by atoms with van der Waals surface area (Å²) in [5.74, 6) is -0.0248. The Kier molecular flexibility index (Phi) is 8.80. The van der Waals surface area contributed by atoms with Crippen molar-refractivity contribution in [1.29, 1.82) is 0 Å². The lowest BCUT2D eigenvalue weighted by Crippen LogP contribution is -2.28. The minimum absolute atomic E-state index is 0.0248. The van der Waals surface area contributed by atoms with E-state index in [9.17, 15) is 0 Å². The first kappa shape index (κ1) is 38.9. The summed E-state index contributed by atoms with van der Waals surface area (Å²) in [5.41, 5.74) is 27.6. The maximum absolute atomic E-state index is 2.56. The minimum Gasteiger partial charge on any atom is -0.0622 e. The molecule has 0 heterocycles. The maximum atomic E-state index is 2.56. The molecule has 0 nitrogen and oxygen atoms in total. The first-order chi connectivity index (χ1) is 33.7. The summed E-state index contributed by atoms with van der Waals surface area (Å²) in [7, 11) is 0. The predicted molar refractivity (Wildman–Crippen MR) is 282 cm³/mol. The van der Waals surface area contributed by atoms with Crippen LogP contribution in [0.25, 0.3) is 66.4 Å². The molecule has 0 heteroatoms. The zero-order chi connectivity index (χ0) is 44.8. The van der Waals surface area contributed by atoms with Crippen LogP contribution in [0.4, 0.5) is 0 Å². The molecule has 318 valence electrons. The van der Waals surface area contributed by atoms with Gasteiger partial charge in [-0.05, 0) is 153 Å². The molecule has 0 saturated heterocycles. The van der Waals surface area contributed by atoms with Crippen molar-refractivity contribution in [3.63, 3.8) is 0 Å². The van der Waals surface area contributed by atoms with Crippen LogP contribution in [0, 0.1) is 0 Å². The molecule has 0 aliphatic heterocycles. The van der Waals surface area contributed by atoms with Crippen LogP contribution >= 0.6 is 0 Å². The highest BCUT2D eigenvalue weighted by Gasteiger charge is 2.46. The van der Waals surface area contributed by atoms with Crippen LogP contribution in [0.5, 0.6) is 0 Å². The Morgan fingerprint density at radius 2 is 0.868 bits per heavy atom. The van der Waals surface area contributed by atoms with Crippen LogP contribution in [-0.4, -0.2) is 0 Å². The van der Waals surface area contributed by atoms with Gasteiger partial charge in [-0.1, -0.05) is 237 Å². The molecule has 68 heavy (non-hydrogen) atoms. The molecule has 0 fully saturated rings. The van der Waals surface area contributed by atoms with Crippen molar-refractivity contribution in [2.24, 2.45) is 0 Å². The number of benzene rings is 11. The zero-order valence-corrected chi connectivity index (χ0v) is 37.7. The van der Waals surface area contributed by atoms with Crippen molar-refractivity contribution in [3.05, 3.63) is 310 Å². The van der Waals surface area contributed by atoms with Gasteiger partial charge in [-0.2, -0.15) is 0 Å². The number of rotatable bonds is 7. The van der Waals surface area contributed by atoms with Gasteiger partial charge in [0.1, 0.15) is 0 Å². The van der Waals surface area contributed by atoms with Crippen molar-refractivity contribution in [1.82, 2.24) is 0 Å². The Bertz CT molecular complexity index is 3730. The fraction of sp³-hybridized carbons (Fsp3) is 0.0588. The normalized spacial score (nSPS) is 13.8. The predicted octanol–water partition coefficient (Wildman–Crippen LogP) is 16.9. The van der Waals surface area contributed by atoms with Gasteiger partial charge >= 0.3 is 0 Å². The van der Waals surface area contributed by atoms with Gasteiger partial charge < -0.3 is 0 Å². The molecule has 0 N–H and O–H groups in total. The number of hydrogen-bond donors (Lipinski definition) is 0. The molecule has 1 atom stereocenters. The topological polar surface area (TPSA) is 0 Å². The second-order valence-corrected chi connectivity index (χ2v) is 19.0. The first-order valence-electron chi connectivity index (χ1n) is 24.1. The Labute approximate surface area is 398 Å². The average molecular weight is 863 g/mol. The SMILES string of the molecule is c1ccc(-c2ccc(C(c3ccc4c(c3)-c3cc5ccccc5c(-c5cccc6c5Cc5ccccc5-6)c3C4)c3ccc4c(c3)C(c3ccccc3)(c3ccccc3)c3ccccc3-4)cc2)cc1. The molecule has 0 bridgehead atoms. The molecule has 3 aliphatic rings. The lowest BCUT2D eigenvalue weighted by Gasteiger charge is -2.34. The van der Waals surface area contributed by atoms with E-state index in [0.717, 1.165) is 12.8 Å². The van der Waals surface area contributed by atoms with Gasteiger partial charge in [0.25, 0.3) is 0 Å². The third kappa shape index (κ3) is 5.80. The molecule has 11 aromatic carbocycles. The van der Waals surface area contributed by atoms with Crippen molar-refractivity contribution >= 4 is 10.8 Å². The Balaban J connectivity index is 0.976. The van der Waals surface area contributed by atoms with E-state index >= 15 is 0 Å². The molecule has 0 aromatic heterocycles. The highest BCUT2D eigenvalue weighted by molar-refractivity contribution is 6.06. The quantitative estimate of drug-likeness (QED) is 0.140. The van der Waals surface area contributed by atoms with Gasteiger partial charge in [0.15, 0.2) is 0 Å². The van der Waals surface area contributed by atoms with Crippen LogP contribution in [0.2, 0.25) is 0 Å². The molecule has 0 amide bonds. The highest BCUT2D eigenvalue weighted by Crippen LogP contribution is 2.57. The van der Waals surface area contributed by atoms with Crippen molar-refractivity contribution in [3.8, 4) is 55.6 Å². The van der Waals surface area contributed by atoms with Gasteiger partial charge in [0.2, 0.25) is 0 Å². The summed E-state index contributed by atoms with van der Waals surface area (Å²) in [6.45, 7) is 0. The van der Waals surface area contributed by atoms with E-state index in [1.807, 2.05) is 0 Å². The van der Waals surface area contributed by atoms with E-state index in [1.165, 1.54) is 128 Å². The van der Waals surface area contributed by atoms with Crippen molar-refractivity contribution in [2.75, 3.05) is 0 Å². The highest BCUT2D eigenvalue weighted by atomic mass is 14.5. The molecule has 14 rings (SSSR count). The molecular formula is C68H46. The first-order valence-corrected chi connectivity index (χ1v) is 24.1. The summed E-state index contributed by atoms with van der Waals surface area (Å²) in [5, 5.41) is 2.62. The van der Waals surface area contributed by atoms with E-state index in [0.29, 0.717) is 0 Å². The average Bonchev–Trinajstić information content (AvgIpc) is 4.07. The standard InChI is InChI=1S/C68H46/c1-4-17-44(18-5-1)45-31-33-46(34-32-45)66(51-37-38-58-57-27-14-15-30-64(57)68(65(58)43-51,52-21-6-2-7-22-52)53-23-8-3-9-24-53)50-36-35-49-41-63-62(60(49)42-50)40-48-20-11-13-26-55(48)67(63)59-29-16-28-56-54-25-12-10-19-47(54)39-61(56)59/h1-38,40,42-43,66H,39,41H2. The van der Waals surface area contributed by atoms with Crippen molar-refractivity contribution in [2.45, 2.75) is 24.2 Å². The molecule has 0 saturated carbocycles. The Morgan fingerprint density at radius 1 is 0.309 bits per heavy atom. The van der Waals surface area contributed by atoms with Gasteiger partial charge in [-0.25, -0.2) is 0 Å². The summed E-state index contributed by atoms with van der Waals surface area (Å²) in [6.07, 6.45) is 1.87. The van der Waals surface area contributed by atoms with Crippen LogP contribution in [0.3, 0.4) is 0 Å². The monoisotopic (exact) mass is 862 g/mol. The summed E-state index contributed by atoms with van der Waals surface area (Å²) in [6, 6.07) is 93.9. The molecule has 0 radical (unpaired) electrons. The fourth-order valence-electron chi connectivity index (χ4n) is 12.6. The van der Waals surface area contributed by atoms with Crippen LogP contribution in [0.1, 0.15) is 67.1 Å². The molecule has 3 aliphatic carbocycles. The summed E-state index contributed by atoms with van der Waals surface area (Å²) in [4.78, 5) is 0. The minimum atomic E-state index is -0.487. The van der Waals surface area contributed by atoms with E-state index in [4.69, 9.17) is 0 Å². The number of fused-ring (bicyclic) bond motifs is 10. The van der Waals surface area contributed by atoms with Gasteiger partial charge in [0.05, 0.1) is 5.41 Å². The summed E-state index contributed by atoms with van der Waals surface area (Å²) >= 11 is 0. The molecule has 11 aromatic rings. The fourth-order valence-corrected chi connectivity index (χ4v) is 12.6. The molecule has 0 spiro atoms. The van der Waals surface area contributed by atoms with E-state index < -0.39 is 5.41 Å². The van der Waals surface area contributed by atoms with Gasteiger partial charge in [-0.3, -0.25) is 0 Å². The maximum Gasteiger partial charge on any atom is 0.0713 e.